The Morgan fingerprint density at radius 1 is 1.04 bits per heavy atom. The number of fused-ring (bicyclic) bond motifs is 1. The fourth-order valence-corrected chi connectivity index (χ4v) is 2.53. The zero-order chi connectivity index (χ0) is 17.2. The summed E-state index contributed by atoms with van der Waals surface area (Å²) in [4.78, 5) is 16.5. The summed E-state index contributed by atoms with van der Waals surface area (Å²) in [6, 6.07) is 9.49. The predicted molar refractivity (Wildman–Crippen MR) is 89.0 cm³/mol. The van der Waals surface area contributed by atoms with Crippen molar-refractivity contribution < 1.29 is 9.18 Å². The highest BCUT2D eigenvalue weighted by atomic mass is 19.1. The first-order chi connectivity index (χ1) is 12.2. The summed E-state index contributed by atoms with van der Waals surface area (Å²) < 4.78 is 13.1. The van der Waals surface area contributed by atoms with Crippen LogP contribution < -0.4 is 5.32 Å². The quantitative estimate of drug-likeness (QED) is 0.533. The number of benzene rings is 1. The molecule has 3 aromatic heterocycles. The minimum Gasteiger partial charge on any atom is -0.346 e. The minimum absolute atomic E-state index is 0.269. The first-order valence-electron chi connectivity index (χ1n) is 7.57. The fourth-order valence-electron chi connectivity index (χ4n) is 2.53. The summed E-state index contributed by atoms with van der Waals surface area (Å²) in [7, 11) is 0. The van der Waals surface area contributed by atoms with Gasteiger partial charge >= 0.3 is 0 Å². The van der Waals surface area contributed by atoms with Gasteiger partial charge in [0.15, 0.2) is 5.65 Å². The molecule has 7 nitrogen and oxygen atoms in total. The highest BCUT2D eigenvalue weighted by Gasteiger charge is 2.12. The topological polar surface area (TPSA) is 99.4 Å². The molecular formula is C17H13FN6O. The van der Waals surface area contributed by atoms with Gasteiger partial charge in [-0.05, 0) is 36.4 Å². The second-order valence-electron chi connectivity index (χ2n) is 5.46. The molecule has 3 N–H and O–H groups in total. The normalized spacial score (nSPS) is 10.9. The van der Waals surface area contributed by atoms with Gasteiger partial charge in [-0.3, -0.25) is 15.0 Å². The number of pyridine rings is 1. The van der Waals surface area contributed by atoms with Crippen molar-refractivity contribution in [1.82, 2.24) is 30.7 Å². The molecule has 0 atom stereocenters. The number of hydrogen-bond donors (Lipinski definition) is 3. The van der Waals surface area contributed by atoms with Crippen molar-refractivity contribution in [3.63, 3.8) is 0 Å². The van der Waals surface area contributed by atoms with Crippen LogP contribution in [0.25, 0.3) is 22.3 Å². The summed E-state index contributed by atoms with van der Waals surface area (Å²) >= 11 is 0. The van der Waals surface area contributed by atoms with Crippen LogP contribution in [-0.2, 0) is 6.54 Å². The number of amides is 1. The van der Waals surface area contributed by atoms with Crippen molar-refractivity contribution in [3.8, 4) is 11.3 Å². The maximum atomic E-state index is 13.1. The van der Waals surface area contributed by atoms with Crippen LogP contribution in [0, 0.1) is 5.82 Å². The second-order valence-corrected chi connectivity index (χ2v) is 5.46. The average Bonchev–Trinajstić information content (AvgIpc) is 3.28. The van der Waals surface area contributed by atoms with E-state index in [2.05, 4.69) is 30.7 Å². The molecule has 4 aromatic rings. The Morgan fingerprint density at radius 2 is 1.84 bits per heavy atom. The van der Waals surface area contributed by atoms with Crippen molar-refractivity contribution in [2.45, 2.75) is 6.54 Å². The van der Waals surface area contributed by atoms with Gasteiger partial charge in [0, 0.05) is 23.1 Å². The van der Waals surface area contributed by atoms with E-state index in [-0.39, 0.29) is 18.3 Å². The van der Waals surface area contributed by atoms with Crippen molar-refractivity contribution in [2.24, 2.45) is 0 Å². The van der Waals surface area contributed by atoms with Crippen molar-refractivity contribution in [1.29, 1.82) is 0 Å². The molecular weight excluding hydrogens is 323 g/mol. The average molecular weight is 336 g/mol. The van der Waals surface area contributed by atoms with Crippen LogP contribution in [0.5, 0.6) is 0 Å². The predicted octanol–water partition coefficient (Wildman–Crippen LogP) is 2.42. The number of H-pyrrole nitrogens is 2. The van der Waals surface area contributed by atoms with Gasteiger partial charge in [-0.15, -0.1) is 0 Å². The summed E-state index contributed by atoms with van der Waals surface area (Å²) in [5.41, 5.74) is 3.17. The number of nitrogens with one attached hydrogen (secondary N) is 3. The number of carbonyl (C=O) groups excluding carboxylic acids is 1. The summed E-state index contributed by atoms with van der Waals surface area (Å²) in [6.07, 6.45) is 3.27. The molecule has 0 radical (unpaired) electrons. The zero-order valence-electron chi connectivity index (χ0n) is 13.0. The van der Waals surface area contributed by atoms with E-state index in [9.17, 15) is 9.18 Å². The van der Waals surface area contributed by atoms with Gasteiger partial charge in [-0.1, -0.05) is 0 Å². The molecule has 0 saturated heterocycles. The highest BCUT2D eigenvalue weighted by molar-refractivity contribution is 5.94. The molecule has 0 aliphatic rings. The molecule has 1 amide bonds. The number of nitrogens with zero attached hydrogens (tertiary/aromatic N) is 3. The Balaban J connectivity index is 1.50. The molecule has 0 bridgehead atoms. The van der Waals surface area contributed by atoms with Gasteiger partial charge < -0.3 is 5.32 Å². The Hall–Kier alpha value is -3.55. The molecule has 1 aromatic carbocycles. The van der Waals surface area contributed by atoms with Gasteiger partial charge in [0.25, 0.3) is 5.91 Å². The van der Waals surface area contributed by atoms with Crippen LogP contribution in [0.4, 0.5) is 4.39 Å². The van der Waals surface area contributed by atoms with Crippen LogP contribution in [0.1, 0.15) is 16.1 Å². The van der Waals surface area contributed by atoms with E-state index in [1.165, 1.54) is 12.1 Å². The molecule has 0 saturated carbocycles. The molecule has 3 heterocycles. The number of hydrogen-bond acceptors (Lipinski definition) is 4. The van der Waals surface area contributed by atoms with Crippen molar-refractivity contribution in [2.75, 3.05) is 0 Å². The molecule has 8 heteroatoms. The standard InChI is InChI=1S/C17H13FN6O/c18-13-4-1-10(2-5-13)15-12(9-20-23-15)7-19-17(25)14-6-3-11-8-21-24-16(11)22-14/h1-6,8-9H,7H2,(H,19,25)(H,20,23)(H,21,22,24). The molecule has 124 valence electrons. The third-order valence-electron chi connectivity index (χ3n) is 3.82. The molecule has 0 fully saturated rings. The van der Waals surface area contributed by atoms with Crippen LogP contribution in [-0.4, -0.2) is 31.3 Å². The van der Waals surface area contributed by atoms with Gasteiger partial charge in [0.2, 0.25) is 0 Å². The Morgan fingerprint density at radius 3 is 2.68 bits per heavy atom. The monoisotopic (exact) mass is 336 g/mol. The van der Waals surface area contributed by atoms with E-state index >= 15 is 0 Å². The van der Waals surface area contributed by atoms with Gasteiger partial charge in [0.1, 0.15) is 11.5 Å². The molecule has 0 aliphatic carbocycles. The summed E-state index contributed by atoms with van der Waals surface area (Å²) in [5, 5.41) is 17.1. The van der Waals surface area contributed by atoms with Crippen molar-refractivity contribution in [3.05, 3.63) is 65.9 Å². The molecule has 0 aliphatic heterocycles. The van der Waals surface area contributed by atoms with Gasteiger partial charge in [-0.2, -0.15) is 10.2 Å². The van der Waals surface area contributed by atoms with E-state index in [1.807, 2.05) is 0 Å². The Kier molecular flexibility index (Phi) is 3.70. The minimum atomic E-state index is -0.307. The lowest BCUT2D eigenvalue weighted by Gasteiger charge is -2.06. The van der Waals surface area contributed by atoms with E-state index < -0.39 is 0 Å². The lowest BCUT2D eigenvalue weighted by molar-refractivity contribution is 0.0946. The van der Waals surface area contributed by atoms with Crippen molar-refractivity contribution >= 4 is 16.9 Å². The van der Waals surface area contributed by atoms with E-state index in [0.29, 0.717) is 11.3 Å². The Labute approximate surface area is 141 Å². The van der Waals surface area contributed by atoms with Crippen LogP contribution >= 0.6 is 0 Å². The molecule has 4 rings (SSSR count). The maximum Gasteiger partial charge on any atom is 0.270 e. The number of rotatable bonds is 4. The van der Waals surface area contributed by atoms with E-state index in [4.69, 9.17) is 0 Å². The lowest BCUT2D eigenvalue weighted by Crippen LogP contribution is -2.23. The third kappa shape index (κ3) is 2.97. The SMILES string of the molecule is O=C(NCc1cn[nH]c1-c1ccc(F)cc1)c1ccc2cn[nH]c2n1. The second kappa shape index (κ2) is 6.16. The number of carbonyl (C=O) groups is 1. The molecule has 25 heavy (non-hydrogen) atoms. The van der Waals surface area contributed by atoms with Gasteiger partial charge in [-0.25, -0.2) is 9.37 Å². The maximum absolute atomic E-state index is 13.1. The first kappa shape index (κ1) is 15.0. The fraction of sp³-hybridized carbons (Fsp3) is 0.0588. The smallest absolute Gasteiger partial charge is 0.270 e. The molecule has 0 unspecified atom stereocenters. The zero-order valence-corrected chi connectivity index (χ0v) is 13.0. The van der Waals surface area contributed by atoms with Crippen LogP contribution in [0.2, 0.25) is 0 Å². The highest BCUT2D eigenvalue weighted by Crippen LogP contribution is 2.21. The third-order valence-corrected chi connectivity index (χ3v) is 3.82. The van der Waals surface area contributed by atoms with E-state index in [0.717, 1.165) is 22.2 Å². The Bertz CT molecular complexity index is 1040. The molecule has 0 spiro atoms. The number of aromatic amines is 2. The van der Waals surface area contributed by atoms with E-state index in [1.54, 1.807) is 36.7 Å². The largest absolute Gasteiger partial charge is 0.346 e. The lowest BCUT2D eigenvalue weighted by atomic mass is 10.1. The number of aromatic nitrogens is 5. The summed E-state index contributed by atoms with van der Waals surface area (Å²) in [6.45, 7) is 0.269. The first-order valence-corrected chi connectivity index (χ1v) is 7.57. The number of halogens is 1. The van der Waals surface area contributed by atoms with Crippen LogP contribution in [0.3, 0.4) is 0 Å². The van der Waals surface area contributed by atoms with Crippen LogP contribution in [0.15, 0.2) is 48.8 Å². The summed E-state index contributed by atoms with van der Waals surface area (Å²) in [5.74, 6) is -0.610. The van der Waals surface area contributed by atoms with Gasteiger partial charge in [0.05, 0.1) is 18.1 Å².